The Morgan fingerprint density at radius 1 is 1.33 bits per heavy atom. The van der Waals surface area contributed by atoms with E-state index in [9.17, 15) is 4.79 Å². The summed E-state index contributed by atoms with van der Waals surface area (Å²) in [5, 5.41) is 0. The van der Waals surface area contributed by atoms with Crippen molar-refractivity contribution in [1.82, 2.24) is 4.90 Å². The van der Waals surface area contributed by atoms with Crippen molar-refractivity contribution in [1.29, 1.82) is 0 Å². The smallest absolute Gasteiger partial charge is 0.222 e. The molecule has 0 fully saturated rings. The summed E-state index contributed by atoms with van der Waals surface area (Å²) in [7, 11) is 1.83. The number of nitrogens with two attached hydrogens (primary N) is 1. The largest absolute Gasteiger partial charge is 0.342 e. The zero-order valence-corrected chi connectivity index (χ0v) is 11.0. The summed E-state index contributed by atoms with van der Waals surface area (Å²) in [6.45, 7) is 11.1. The van der Waals surface area contributed by atoms with Gasteiger partial charge < -0.3 is 10.6 Å². The number of hydrogen-bond acceptors (Lipinski definition) is 2. The van der Waals surface area contributed by atoms with Crippen molar-refractivity contribution in [3.8, 4) is 0 Å². The van der Waals surface area contributed by atoms with E-state index in [4.69, 9.17) is 5.73 Å². The minimum atomic E-state index is 0.129. The minimum absolute atomic E-state index is 0.129. The molecule has 0 spiro atoms. The quantitative estimate of drug-likeness (QED) is 0.776. The highest BCUT2D eigenvalue weighted by atomic mass is 16.2. The summed E-state index contributed by atoms with van der Waals surface area (Å²) in [5.41, 5.74) is 5.72. The summed E-state index contributed by atoms with van der Waals surface area (Å²) < 4.78 is 0. The molecule has 0 saturated heterocycles. The van der Waals surface area contributed by atoms with Gasteiger partial charge in [-0.3, -0.25) is 4.79 Å². The maximum Gasteiger partial charge on any atom is 0.222 e. The van der Waals surface area contributed by atoms with Crippen LogP contribution >= 0.6 is 0 Å². The third-order valence-corrected chi connectivity index (χ3v) is 3.35. The molecule has 2 atom stereocenters. The number of nitrogens with zero attached hydrogens (tertiary/aromatic N) is 1. The van der Waals surface area contributed by atoms with Crippen LogP contribution in [0.4, 0.5) is 0 Å². The van der Waals surface area contributed by atoms with Crippen molar-refractivity contribution in [2.75, 3.05) is 13.6 Å². The molecule has 0 saturated carbocycles. The molecule has 2 unspecified atom stereocenters. The Morgan fingerprint density at radius 3 is 2.13 bits per heavy atom. The summed E-state index contributed by atoms with van der Waals surface area (Å²) >= 11 is 0. The molecular weight excluding hydrogens is 188 g/mol. The van der Waals surface area contributed by atoms with Gasteiger partial charge in [0.15, 0.2) is 0 Å². The second kappa shape index (κ2) is 5.50. The molecule has 0 heterocycles. The second-order valence-electron chi connectivity index (χ2n) is 5.56. The average Bonchev–Trinajstić information content (AvgIpc) is 2.13. The Bertz CT molecular complexity index is 208. The fourth-order valence-corrected chi connectivity index (χ4v) is 1.12. The molecule has 0 rings (SSSR count). The molecule has 0 radical (unpaired) electrons. The predicted octanol–water partition coefficient (Wildman–Crippen LogP) is 1.86. The van der Waals surface area contributed by atoms with Crippen molar-refractivity contribution in [3.05, 3.63) is 0 Å². The molecule has 2 N–H and O–H groups in total. The molecule has 0 bridgehead atoms. The molecule has 0 aromatic rings. The number of carbonyl (C=O) groups excluding carboxylic acids is 1. The van der Waals surface area contributed by atoms with E-state index in [-0.39, 0.29) is 17.4 Å². The van der Waals surface area contributed by atoms with E-state index >= 15 is 0 Å². The van der Waals surface area contributed by atoms with Crippen LogP contribution in [0.1, 0.15) is 41.0 Å². The van der Waals surface area contributed by atoms with E-state index in [1.54, 1.807) is 4.90 Å². The molecule has 3 heteroatoms. The molecular formula is C12H26N2O. The Balaban J connectivity index is 4.25. The molecule has 3 nitrogen and oxygen atoms in total. The Hall–Kier alpha value is -0.570. The van der Waals surface area contributed by atoms with Gasteiger partial charge in [0.05, 0.1) is 0 Å². The second-order valence-corrected chi connectivity index (χ2v) is 5.56. The van der Waals surface area contributed by atoms with Crippen LogP contribution in [0.3, 0.4) is 0 Å². The molecule has 15 heavy (non-hydrogen) atoms. The normalized spacial score (nSPS) is 15.9. The summed E-state index contributed by atoms with van der Waals surface area (Å²) in [6.07, 6.45) is 0.602. The van der Waals surface area contributed by atoms with E-state index in [0.717, 1.165) is 0 Å². The average molecular weight is 214 g/mol. The van der Waals surface area contributed by atoms with Crippen LogP contribution in [-0.2, 0) is 4.79 Å². The molecule has 90 valence electrons. The van der Waals surface area contributed by atoms with Gasteiger partial charge in [0.1, 0.15) is 0 Å². The monoisotopic (exact) mass is 214 g/mol. The Labute approximate surface area is 94.0 Å². The summed E-state index contributed by atoms with van der Waals surface area (Å²) in [4.78, 5) is 13.6. The highest BCUT2D eigenvalue weighted by molar-refractivity contribution is 5.76. The lowest BCUT2D eigenvalue weighted by Gasteiger charge is -2.30. The fourth-order valence-electron chi connectivity index (χ4n) is 1.12. The number of amides is 1. The topological polar surface area (TPSA) is 46.3 Å². The first-order valence-electron chi connectivity index (χ1n) is 5.65. The maximum absolute atomic E-state index is 11.9. The highest BCUT2D eigenvalue weighted by Crippen LogP contribution is 2.28. The lowest BCUT2D eigenvalue weighted by atomic mass is 9.80. The fraction of sp³-hybridized carbons (Fsp3) is 0.917. The molecule has 0 aromatic heterocycles. The van der Waals surface area contributed by atoms with E-state index < -0.39 is 0 Å². The number of hydrogen-bond donors (Lipinski definition) is 1. The highest BCUT2D eigenvalue weighted by Gasteiger charge is 2.25. The van der Waals surface area contributed by atoms with Gasteiger partial charge in [-0.25, -0.2) is 0 Å². The summed E-state index contributed by atoms with van der Waals surface area (Å²) in [6, 6.07) is 0.129. The lowest BCUT2D eigenvalue weighted by Crippen LogP contribution is -2.41. The SMILES string of the molecule is CC(CN)N(C)C(=O)CC(C)C(C)(C)C. The Kier molecular flexibility index (Phi) is 5.29. The minimum Gasteiger partial charge on any atom is -0.342 e. The van der Waals surface area contributed by atoms with E-state index in [1.807, 2.05) is 14.0 Å². The number of rotatable bonds is 4. The maximum atomic E-state index is 11.9. The zero-order chi connectivity index (χ0) is 12.2. The van der Waals surface area contributed by atoms with Crippen molar-refractivity contribution < 1.29 is 4.79 Å². The van der Waals surface area contributed by atoms with Gasteiger partial charge >= 0.3 is 0 Å². The van der Waals surface area contributed by atoms with E-state index in [2.05, 4.69) is 27.7 Å². The molecule has 0 aliphatic rings. The van der Waals surface area contributed by atoms with Gasteiger partial charge in [0, 0.05) is 26.1 Å². The van der Waals surface area contributed by atoms with Crippen molar-refractivity contribution in [2.45, 2.75) is 47.1 Å². The number of likely N-dealkylation sites (N-methyl/N-ethyl adjacent to an activating group) is 1. The van der Waals surface area contributed by atoms with Crippen molar-refractivity contribution in [3.63, 3.8) is 0 Å². The van der Waals surface area contributed by atoms with Gasteiger partial charge in [0.25, 0.3) is 0 Å². The van der Waals surface area contributed by atoms with Crippen LogP contribution in [0.2, 0.25) is 0 Å². The standard InChI is InChI=1S/C12H26N2O/c1-9(12(3,4)5)7-11(15)14(6)10(2)8-13/h9-10H,7-8,13H2,1-6H3. The van der Waals surface area contributed by atoms with E-state index in [1.165, 1.54) is 0 Å². The first kappa shape index (κ1) is 14.4. The van der Waals surface area contributed by atoms with Gasteiger partial charge in [-0.15, -0.1) is 0 Å². The van der Waals surface area contributed by atoms with Crippen molar-refractivity contribution in [2.24, 2.45) is 17.1 Å². The van der Waals surface area contributed by atoms with Gasteiger partial charge in [-0.2, -0.15) is 0 Å². The third-order valence-electron chi connectivity index (χ3n) is 3.35. The molecule has 1 amide bonds. The third kappa shape index (κ3) is 4.65. The van der Waals surface area contributed by atoms with Crippen LogP contribution in [-0.4, -0.2) is 30.4 Å². The van der Waals surface area contributed by atoms with Crippen LogP contribution in [0.5, 0.6) is 0 Å². The zero-order valence-electron chi connectivity index (χ0n) is 11.0. The van der Waals surface area contributed by atoms with Gasteiger partial charge in [0.2, 0.25) is 5.91 Å². The van der Waals surface area contributed by atoms with Gasteiger partial charge in [-0.05, 0) is 18.3 Å². The molecule has 0 aromatic carbocycles. The van der Waals surface area contributed by atoms with Crippen molar-refractivity contribution >= 4 is 5.91 Å². The molecule has 0 aliphatic heterocycles. The lowest BCUT2D eigenvalue weighted by molar-refractivity contribution is -0.133. The van der Waals surface area contributed by atoms with Crippen LogP contribution in [0.25, 0.3) is 0 Å². The number of carbonyl (C=O) groups is 1. The molecule has 0 aliphatic carbocycles. The van der Waals surface area contributed by atoms with Crippen LogP contribution in [0.15, 0.2) is 0 Å². The van der Waals surface area contributed by atoms with E-state index in [0.29, 0.717) is 18.9 Å². The first-order chi connectivity index (χ1) is 6.70. The predicted molar refractivity (Wildman–Crippen MR) is 64.5 cm³/mol. The van der Waals surface area contributed by atoms with Gasteiger partial charge in [-0.1, -0.05) is 27.7 Å². The van der Waals surface area contributed by atoms with Crippen LogP contribution < -0.4 is 5.73 Å². The Morgan fingerprint density at radius 2 is 1.80 bits per heavy atom. The summed E-state index contributed by atoms with van der Waals surface area (Å²) in [5.74, 6) is 0.577. The van der Waals surface area contributed by atoms with Crippen LogP contribution in [0, 0.1) is 11.3 Å². The first-order valence-corrected chi connectivity index (χ1v) is 5.65.